The van der Waals surface area contributed by atoms with Gasteiger partial charge in [-0.05, 0) is 6.07 Å². The number of fused-ring (bicyclic) bond motifs is 1. The van der Waals surface area contributed by atoms with Crippen LogP contribution in [0, 0.1) is 0 Å². The first-order valence-electron chi connectivity index (χ1n) is 3.51. The number of nitrogens with zero attached hydrogens (tertiary/aromatic N) is 1. The van der Waals surface area contributed by atoms with Crippen LogP contribution in [0.3, 0.4) is 0 Å². The molecule has 0 aromatic heterocycles. The Balaban J connectivity index is 2.87. The van der Waals surface area contributed by atoms with Crippen LogP contribution in [0.15, 0.2) is 29.3 Å². The standard InChI is InChI=1S/C9H5NO2/c11-8-5-6-3-1-2-4-7(6)10-9(8)12/h1-5H. The molecule has 1 aromatic carbocycles. The number of hydrogen-bond acceptors (Lipinski definition) is 2. The molecule has 1 aliphatic rings. The molecule has 0 saturated carbocycles. The summed E-state index contributed by atoms with van der Waals surface area (Å²) in [7, 11) is 0. The van der Waals surface area contributed by atoms with E-state index in [0.717, 1.165) is 0 Å². The molecule has 3 heteroatoms. The highest BCUT2D eigenvalue weighted by molar-refractivity contribution is 6.48. The van der Waals surface area contributed by atoms with Crippen LogP contribution in [-0.4, -0.2) is 11.7 Å². The van der Waals surface area contributed by atoms with Gasteiger partial charge in [0.1, 0.15) is 0 Å². The third-order valence-electron chi connectivity index (χ3n) is 1.66. The number of carbonyl (C=O) groups excluding carboxylic acids is 2. The largest absolute Gasteiger partial charge is 0.317 e. The summed E-state index contributed by atoms with van der Waals surface area (Å²) in [5, 5.41) is 1.28. The second-order valence-corrected chi connectivity index (χ2v) is 2.48. The Morgan fingerprint density at radius 3 is 2.67 bits per heavy atom. The Labute approximate surface area is 68.0 Å². The van der Waals surface area contributed by atoms with Crippen LogP contribution >= 0.6 is 0 Å². The van der Waals surface area contributed by atoms with Crippen molar-refractivity contribution in [3.63, 3.8) is 0 Å². The molecule has 58 valence electrons. The zero-order valence-electron chi connectivity index (χ0n) is 6.15. The summed E-state index contributed by atoms with van der Waals surface area (Å²) in [4.78, 5) is 25.3. The van der Waals surface area contributed by atoms with Crippen molar-refractivity contribution in [1.82, 2.24) is 0 Å². The lowest BCUT2D eigenvalue weighted by atomic mass is 10.2. The number of para-hydroxylation sites is 1. The Bertz CT molecular complexity index is 429. The summed E-state index contributed by atoms with van der Waals surface area (Å²) in [6.45, 7) is 0. The van der Waals surface area contributed by atoms with E-state index in [0.29, 0.717) is 10.6 Å². The number of carbonyl (C=O) groups is 2. The third-order valence-corrected chi connectivity index (χ3v) is 1.66. The van der Waals surface area contributed by atoms with E-state index in [1.807, 2.05) is 0 Å². The summed E-state index contributed by atoms with van der Waals surface area (Å²) in [6.07, 6.45) is 1.31. The monoisotopic (exact) mass is 159 g/mol. The van der Waals surface area contributed by atoms with Gasteiger partial charge in [0.15, 0.2) is 0 Å². The zero-order valence-corrected chi connectivity index (χ0v) is 6.15. The van der Waals surface area contributed by atoms with Gasteiger partial charge in [-0.15, -0.1) is 0 Å². The van der Waals surface area contributed by atoms with Crippen LogP contribution in [0.4, 0.5) is 0 Å². The minimum atomic E-state index is -0.686. The number of ketones is 1. The van der Waals surface area contributed by atoms with Crippen LogP contribution in [-0.2, 0) is 9.59 Å². The van der Waals surface area contributed by atoms with Crippen molar-refractivity contribution in [1.29, 1.82) is 0 Å². The molecule has 1 heterocycles. The molecule has 0 saturated heterocycles. The number of rotatable bonds is 0. The molecule has 0 aliphatic carbocycles. The molecule has 0 N–H and O–H groups in total. The van der Waals surface area contributed by atoms with E-state index in [2.05, 4.69) is 4.99 Å². The first-order valence-corrected chi connectivity index (χ1v) is 3.51. The predicted octanol–water partition coefficient (Wildman–Crippen LogP) is -0.804. The Morgan fingerprint density at radius 1 is 1.08 bits per heavy atom. The second-order valence-electron chi connectivity index (χ2n) is 2.48. The Hall–Kier alpha value is -1.77. The fraction of sp³-hybridized carbons (Fsp3) is 0. The van der Waals surface area contributed by atoms with Crippen molar-refractivity contribution in [3.8, 4) is 0 Å². The average molecular weight is 159 g/mol. The molecule has 0 bridgehead atoms. The molecule has 1 amide bonds. The molecule has 1 aromatic rings. The van der Waals surface area contributed by atoms with E-state index in [9.17, 15) is 9.59 Å². The van der Waals surface area contributed by atoms with Crippen LogP contribution in [0.5, 0.6) is 0 Å². The van der Waals surface area contributed by atoms with Gasteiger partial charge in [-0.25, -0.2) is 4.99 Å². The maximum atomic E-state index is 10.9. The summed E-state index contributed by atoms with van der Waals surface area (Å²) < 4.78 is 0. The van der Waals surface area contributed by atoms with E-state index in [1.54, 1.807) is 24.3 Å². The maximum Gasteiger partial charge on any atom is 0.317 e. The number of Topliss-reactive ketones (excluding diaryl/α,β-unsaturated/α-hetero) is 1. The SMILES string of the molecule is O=C1C=c2ccccc2=NC1=O. The van der Waals surface area contributed by atoms with Crippen molar-refractivity contribution in [2.75, 3.05) is 0 Å². The highest BCUT2D eigenvalue weighted by atomic mass is 16.2. The van der Waals surface area contributed by atoms with Crippen molar-refractivity contribution < 1.29 is 9.59 Å². The average Bonchev–Trinajstić information content (AvgIpc) is 2.07. The quantitative estimate of drug-likeness (QED) is 0.465. The van der Waals surface area contributed by atoms with Gasteiger partial charge in [0.05, 0.1) is 5.36 Å². The lowest BCUT2D eigenvalue weighted by Gasteiger charge is -1.95. The van der Waals surface area contributed by atoms with Crippen LogP contribution < -0.4 is 10.6 Å². The van der Waals surface area contributed by atoms with Gasteiger partial charge in [0.2, 0.25) is 5.78 Å². The van der Waals surface area contributed by atoms with E-state index in [1.165, 1.54) is 6.08 Å². The fourth-order valence-corrected chi connectivity index (χ4v) is 1.08. The fourth-order valence-electron chi connectivity index (χ4n) is 1.08. The van der Waals surface area contributed by atoms with Gasteiger partial charge >= 0.3 is 5.91 Å². The van der Waals surface area contributed by atoms with Crippen molar-refractivity contribution >= 4 is 17.8 Å². The van der Waals surface area contributed by atoms with Gasteiger partial charge in [-0.1, -0.05) is 18.2 Å². The van der Waals surface area contributed by atoms with E-state index in [-0.39, 0.29) is 0 Å². The van der Waals surface area contributed by atoms with Crippen LogP contribution in [0.25, 0.3) is 6.08 Å². The van der Waals surface area contributed by atoms with Crippen molar-refractivity contribution in [3.05, 3.63) is 34.8 Å². The van der Waals surface area contributed by atoms with Gasteiger partial charge in [-0.2, -0.15) is 0 Å². The molecule has 3 nitrogen and oxygen atoms in total. The lowest BCUT2D eigenvalue weighted by molar-refractivity contribution is -0.132. The van der Waals surface area contributed by atoms with Crippen LogP contribution in [0.2, 0.25) is 0 Å². The first kappa shape index (κ1) is 6.91. The molecule has 2 rings (SSSR count). The molecule has 12 heavy (non-hydrogen) atoms. The molecular formula is C9H5NO2. The summed E-state index contributed by atoms with van der Waals surface area (Å²) in [5.41, 5.74) is 0. The smallest absolute Gasteiger partial charge is 0.284 e. The summed E-state index contributed by atoms with van der Waals surface area (Å²) in [6, 6.07) is 7.03. The minimum Gasteiger partial charge on any atom is -0.284 e. The number of hydrogen-bond donors (Lipinski definition) is 0. The maximum absolute atomic E-state index is 10.9. The molecule has 1 aliphatic heterocycles. The second kappa shape index (κ2) is 2.37. The normalized spacial score (nSPS) is 14.7. The highest BCUT2D eigenvalue weighted by Gasteiger charge is 2.11. The van der Waals surface area contributed by atoms with Gasteiger partial charge in [-0.3, -0.25) is 9.59 Å². The van der Waals surface area contributed by atoms with E-state index in [4.69, 9.17) is 0 Å². The summed E-state index contributed by atoms with van der Waals surface area (Å²) in [5.74, 6) is -1.23. The van der Waals surface area contributed by atoms with Gasteiger partial charge < -0.3 is 0 Å². The van der Waals surface area contributed by atoms with E-state index >= 15 is 0 Å². The van der Waals surface area contributed by atoms with Crippen molar-refractivity contribution in [2.45, 2.75) is 0 Å². The number of benzene rings is 1. The zero-order chi connectivity index (χ0) is 8.55. The van der Waals surface area contributed by atoms with Crippen LogP contribution in [0.1, 0.15) is 0 Å². The molecule has 0 fully saturated rings. The van der Waals surface area contributed by atoms with Crippen molar-refractivity contribution in [2.24, 2.45) is 4.99 Å². The van der Waals surface area contributed by atoms with E-state index < -0.39 is 11.7 Å². The third kappa shape index (κ3) is 0.955. The first-order chi connectivity index (χ1) is 5.77. The summed E-state index contributed by atoms with van der Waals surface area (Å²) >= 11 is 0. The molecule has 0 atom stereocenters. The topological polar surface area (TPSA) is 46.5 Å². The lowest BCUT2D eigenvalue weighted by Crippen LogP contribution is -2.33. The highest BCUT2D eigenvalue weighted by Crippen LogP contribution is 1.84. The number of amides is 1. The van der Waals surface area contributed by atoms with Gasteiger partial charge in [0, 0.05) is 11.3 Å². The van der Waals surface area contributed by atoms with Gasteiger partial charge in [0.25, 0.3) is 0 Å². The predicted molar refractivity (Wildman–Crippen MR) is 41.7 cm³/mol. The molecular weight excluding hydrogens is 154 g/mol. The molecule has 0 radical (unpaired) electrons. The Morgan fingerprint density at radius 2 is 1.83 bits per heavy atom. The molecule has 0 unspecified atom stereocenters. The Kier molecular flexibility index (Phi) is 1.37. The minimum absolute atomic E-state index is 0.547. The molecule has 0 spiro atoms.